The summed E-state index contributed by atoms with van der Waals surface area (Å²) in [5.41, 5.74) is 4.21. The highest BCUT2D eigenvalue weighted by Crippen LogP contribution is 2.38. The zero-order chi connectivity index (χ0) is 20.4. The van der Waals surface area contributed by atoms with Crippen LogP contribution in [0.5, 0.6) is 0 Å². The first-order valence-electron chi connectivity index (χ1n) is 9.24. The highest BCUT2D eigenvalue weighted by molar-refractivity contribution is 6.03. The molecular formula is C22H20FN5O. The molecule has 1 atom stereocenters. The molecule has 0 aliphatic carbocycles. The summed E-state index contributed by atoms with van der Waals surface area (Å²) in [6.45, 7) is 1.77. The monoisotopic (exact) mass is 389 g/mol. The first kappa shape index (κ1) is 18.8. The molecule has 1 aromatic carbocycles. The number of aromatic nitrogens is 3. The van der Waals surface area contributed by atoms with E-state index in [-0.39, 0.29) is 17.8 Å². The summed E-state index contributed by atoms with van der Waals surface area (Å²) in [4.78, 5) is 24.2. The molecule has 146 valence electrons. The zero-order valence-electron chi connectivity index (χ0n) is 16.0. The molecule has 0 aliphatic heterocycles. The van der Waals surface area contributed by atoms with Crippen molar-refractivity contribution in [3.8, 4) is 22.4 Å². The topological polar surface area (TPSA) is 82.7 Å². The largest absolute Gasteiger partial charge is 0.339 e. The van der Waals surface area contributed by atoms with Crippen molar-refractivity contribution in [3.63, 3.8) is 0 Å². The van der Waals surface area contributed by atoms with E-state index in [0.29, 0.717) is 11.5 Å². The predicted octanol–water partition coefficient (Wildman–Crippen LogP) is 3.98. The van der Waals surface area contributed by atoms with E-state index in [2.05, 4.69) is 25.6 Å². The third-order valence-corrected chi connectivity index (χ3v) is 4.84. The Bertz CT molecular complexity index is 1160. The minimum atomic E-state index is -0.335. The number of carbonyl (C=O) groups is 1. The Hall–Kier alpha value is -3.58. The van der Waals surface area contributed by atoms with E-state index in [4.69, 9.17) is 0 Å². The van der Waals surface area contributed by atoms with E-state index in [1.165, 1.54) is 12.1 Å². The summed E-state index contributed by atoms with van der Waals surface area (Å²) in [6.07, 6.45) is 3.45. The maximum absolute atomic E-state index is 13.4. The highest BCUT2D eigenvalue weighted by Gasteiger charge is 2.17. The van der Waals surface area contributed by atoms with Crippen LogP contribution in [0.3, 0.4) is 0 Å². The third-order valence-electron chi connectivity index (χ3n) is 4.84. The SMILES string of the molecule is CN[C@H](C)C(=O)Nc1ccc2c(-c3ccncc3)c(-c3ccc(F)cc3)[nH]c2n1. The first-order chi connectivity index (χ1) is 14.1. The van der Waals surface area contributed by atoms with E-state index in [1.54, 1.807) is 44.6 Å². The zero-order valence-corrected chi connectivity index (χ0v) is 16.0. The molecule has 0 aliphatic rings. The Labute approximate surface area is 167 Å². The van der Waals surface area contributed by atoms with E-state index in [1.807, 2.05) is 18.2 Å². The van der Waals surface area contributed by atoms with Gasteiger partial charge in [0.05, 0.1) is 11.7 Å². The normalized spacial score (nSPS) is 12.1. The quantitative estimate of drug-likeness (QED) is 0.482. The molecule has 0 unspecified atom stereocenters. The number of likely N-dealkylation sites (N-methyl/N-ethyl adjacent to an activating group) is 1. The number of pyridine rings is 2. The number of fused-ring (bicyclic) bond motifs is 1. The predicted molar refractivity (Wildman–Crippen MR) is 112 cm³/mol. The number of hydrogen-bond acceptors (Lipinski definition) is 4. The number of aromatic amines is 1. The summed E-state index contributed by atoms with van der Waals surface area (Å²) >= 11 is 0. The van der Waals surface area contributed by atoms with Crippen molar-refractivity contribution >= 4 is 22.8 Å². The van der Waals surface area contributed by atoms with Crippen molar-refractivity contribution in [1.29, 1.82) is 0 Å². The minimum absolute atomic E-state index is 0.168. The average Bonchev–Trinajstić information content (AvgIpc) is 3.13. The molecule has 0 radical (unpaired) electrons. The number of carbonyl (C=O) groups excluding carboxylic acids is 1. The number of hydrogen-bond donors (Lipinski definition) is 3. The van der Waals surface area contributed by atoms with Crippen LogP contribution in [0.25, 0.3) is 33.4 Å². The van der Waals surface area contributed by atoms with Crippen LogP contribution < -0.4 is 10.6 Å². The Morgan fingerprint density at radius 2 is 1.76 bits per heavy atom. The molecule has 7 heteroatoms. The standard InChI is InChI=1S/C22H20FN5O/c1-13(24-2)22(29)27-18-8-7-17-19(14-9-11-25-12-10-14)20(28-21(17)26-18)15-3-5-16(23)6-4-15/h3-13,24H,1-2H3,(H2,26,27,28,29)/t13-/m1/s1. The van der Waals surface area contributed by atoms with Crippen molar-refractivity contribution in [3.05, 3.63) is 66.7 Å². The molecule has 4 rings (SSSR count). The molecule has 6 nitrogen and oxygen atoms in total. The van der Waals surface area contributed by atoms with Gasteiger partial charge in [-0.05, 0) is 73.6 Å². The fourth-order valence-corrected chi connectivity index (χ4v) is 3.16. The van der Waals surface area contributed by atoms with Crippen LogP contribution >= 0.6 is 0 Å². The summed E-state index contributed by atoms with van der Waals surface area (Å²) < 4.78 is 13.4. The number of halogens is 1. The Kier molecular flexibility index (Phi) is 5.05. The van der Waals surface area contributed by atoms with Crippen LogP contribution in [0.15, 0.2) is 60.9 Å². The lowest BCUT2D eigenvalue weighted by atomic mass is 10.00. The van der Waals surface area contributed by atoms with E-state index in [9.17, 15) is 9.18 Å². The van der Waals surface area contributed by atoms with Crippen LogP contribution in [0.4, 0.5) is 10.2 Å². The Morgan fingerprint density at radius 3 is 2.45 bits per heavy atom. The van der Waals surface area contributed by atoms with Crippen LogP contribution in [-0.4, -0.2) is 33.9 Å². The average molecular weight is 389 g/mol. The second kappa shape index (κ2) is 7.81. The van der Waals surface area contributed by atoms with Gasteiger partial charge in [0.1, 0.15) is 17.3 Å². The molecule has 3 aromatic heterocycles. The van der Waals surface area contributed by atoms with Gasteiger partial charge in [0.25, 0.3) is 0 Å². The molecule has 0 bridgehead atoms. The summed E-state index contributed by atoms with van der Waals surface area (Å²) in [7, 11) is 1.72. The maximum Gasteiger partial charge on any atom is 0.242 e. The van der Waals surface area contributed by atoms with Crippen LogP contribution in [0, 0.1) is 5.82 Å². The second-order valence-corrected chi connectivity index (χ2v) is 6.71. The van der Waals surface area contributed by atoms with Gasteiger partial charge < -0.3 is 15.6 Å². The van der Waals surface area contributed by atoms with E-state index < -0.39 is 0 Å². The van der Waals surface area contributed by atoms with Gasteiger partial charge in [-0.15, -0.1) is 0 Å². The highest BCUT2D eigenvalue weighted by atomic mass is 19.1. The summed E-state index contributed by atoms with van der Waals surface area (Å²) in [6, 6.07) is 13.5. The van der Waals surface area contributed by atoms with E-state index in [0.717, 1.165) is 27.8 Å². The molecule has 3 heterocycles. The van der Waals surface area contributed by atoms with Crippen molar-refractivity contribution in [2.24, 2.45) is 0 Å². The smallest absolute Gasteiger partial charge is 0.242 e. The minimum Gasteiger partial charge on any atom is -0.339 e. The summed E-state index contributed by atoms with van der Waals surface area (Å²) in [5.74, 6) is -0.00564. The van der Waals surface area contributed by atoms with Crippen molar-refractivity contribution in [2.45, 2.75) is 13.0 Å². The van der Waals surface area contributed by atoms with Gasteiger partial charge in [0.15, 0.2) is 0 Å². The fourth-order valence-electron chi connectivity index (χ4n) is 3.16. The lowest BCUT2D eigenvalue weighted by molar-refractivity contribution is -0.117. The Morgan fingerprint density at radius 1 is 1.03 bits per heavy atom. The van der Waals surface area contributed by atoms with Crippen molar-refractivity contribution in [1.82, 2.24) is 20.3 Å². The van der Waals surface area contributed by atoms with Gasteiger partial charge in [-0.2, -0.15) is 0 Å². The third kappa shape index (κ3) is 3.72. The molecule has 29 heavy (non-hydrogen) atoms. The number of nitrogens with one attached hydrogen (secondary N) is 3. The number of H-pyrrole nitrogens is 1. The van der Waals surface area contributed by atoms with E-state index >= 15 is 0 Å². The van der Waals surface area contributed by atoms with Gasteiger partial charge >= 0.3 is 0 Å². The Balaban J connectivity index is 1.85. The molecule has 4 aromatic rings. The number of anilines is 1. The molecule has 0 fully saturated rings. The molecule has 0 saturated heterocycles. The number of nitrogens with zero attached hydrogens (tertiary/aromatic N) is 2. The molecule has 0 spiro atoms. The molecule has 1 amide bonds. The molecular weight excluding hydrogens is 369 g/mol. The maximum atomic E-state index is 13.4. The van der Waals surface area contributed by atoms with Crippen LogP contribution in [0.1, 0.15) is 6.92 Å². The second-order valence-electron chi connectivity index (χ2n) is 6.71. The van der Waals surface area contributed by atoms with Crippen LogP contribution in [0.2, 0.25) is 0 Å². The van der Waals surface area contributed by atoms with Crippen molar-refractivity contribution in [2.75, 3.05) is 12.4 Å². The van der Waals surface area contributed by atoms with Gasteiger partial charge in [-0.1, -0.05) is 0 Å². The molecule has 0 saturated carbocycles. The van der Waals surface area contributed by atoms with Crippen molar-refractivity contribution < 1.29 is 9.18 Å². The molecule has 3 N–H and O–H groups in total. The lowest BCUT2D eigenvalue weighted by Gasteiger charge is -2.10. The number of rotatable bonds is 5. The fraction of sp³-hybridized carbons (Fsp3) is 0.136. The first-order valence-corrected chi connectivity index (χ1v) is 9.24. The van der Waals surface area contributed by atoms with Gasteiger partial charge in [0, 0.05) is 23.3 Å². The van der Waals surface area contributed by atoms with Gasteiger partial charge in [-0.3, -0.25) is 9.78 Å². The number of amides is 1. The number of benzene rings is 1. The van der Waals surface area contributed by atoms with Gasteiger partial charge in [0.2, 0.25) is 5.91 Å². The van der Waals surface area contributed by atoms with Gasteiger partial charge in [-0.25, -0.2) is 9.37 Å². The summed E-state index contributed by atoms with van der Waals surface area (Å²) in [5, 5.41) is 6.61. The van der Waals surface area contributed by atoms with Crippen LogP contribution in [-0.2, 0) is 4.79 Å². The lowest BCUT2D eigenvalue weighted by Crippen LogP contribution is -2.35.